The van der Waals surface area contributed by atoms with E-state index in [1.165, 1.54) is 12.0 Å². The van der Waals surface area contributed by atoms with Crippen LogP contribution in [0.1, 0.15) is 31.9 Å². The van der Waals surface area contributed by atoms with Crippen LogP contribution in [0.3, 0.4) is 0 Å². The first-order valence-electron chi connectivity index (χ1n) is 6.32. The van der Waals surface area contributed by atoms with Gasteiger partial charge in [0.2, 0.25) is 0 Å². The fourth-order valence-electron chi connectivity index (χ4n) is 2.09. The van der Waals surface area contributed by atoms with Gasteiger partial charge in [0.15, 0.2) is 0 Å². The molecule has 1 unspecified atom stereocenters. The normalized spacial score (nSPS) is 15.9. The molecule has 2 rings (SSSR count). The summed E-state index contributed by atoms with van der Waals surface area (Å²) in [7, 11) is 0. The molecule has 1 aliphatic carbocycles. The highest BCUT2D eigenvalue weighted by Crippen LogP contribution is 2.18. The summed E-state index contributed by atoms with van der Waals surface area (Å²) >= 11 is 0. The van der Waals surface area contributed by atoms with Crippen LogP contribution in [0.15, 0.2) is 49.0 Å². The highest BCUT2D eigenvalue weighted by Gasteiger charge is 2.08. The standard InChI is InChI=1S/C15H19N3/c1-12(10-14-6-4-3-5-7-14)18-13(2)15-11-16-8-9-17-15/h3-4,6,8-9,11-12,18H,2,5,7,10H2,1H3. The number of hydrogen-bond donors (Lipinski definition) is 1. The minimum absolute atomic E-state index is 0.359. The second kappa shape index (κ2) is 6.15. The van der Waals surface area contributed by atoms with Gasteiger partial charge < -0.3 is 5.32 Å². The molecule has 0 saturated heterocycles. The maximum absolute atomic E-state index is 4.23. The van der Waals surface area contributed by atoms with Crippen LogP contribution in [-0.4, -0.2) is 16.0 Å². The number of aromatic nitrogens is 2. The second-order valence-corrected chi connectivity index (χ2v) is 4.61. The minimum atomic E-state index is 0.359. The van der Waals surface area contributed by atoms with Crippen molar-refractivity contribution in [3.05, 3.63) is 54.7 Å². The lowest BCUT2D eigenvalue weighted by atomic mass is 9.98. The molecule has 0 fully saturated rings. The largest absolute Gasteiger partial charge is 0.381 e. The first-order valence-corrected chi connectivity index (χ1v) is 6.32. The predicted octanol–water partition coefficient (Wildman–Crippen LogP) is 3.09. The molecule has 0 aromatic carbocycles. The number of hydrogen-bond acceptors (Lipinski definition) is 3. The molecular weight excluding hydrogens is 222 g/mol. The van der Waals surface area contributed by atoms with Crippen molar-refractivity contribution in [2.45, 2.75) is 32.2 Å². The van der Waals surface area contributed by atoms with E-state index in [1.54, 1.807) is 18.6 Å². The Morgan fingerprint density at radius 3 is 3.06 bits per heavy atom. The summed E-state index contributed by atoms with van der Waals surface area (Å²) in [6.07, 6.45) is 15.0. The summed E-state index contributed by atoms with van der Waals surface area (Å²) in [6.45, 7) is 6.18. The van der Waals surface area contributed by atoms with Gasteiger partial charge in [-0.25, -0.2) is 0 Å². The van der Waals surface area contributed by atoms with Crippen molar-refractivity contribution < 1.29 is 0 Å². The molecule has 0 amide bonds. The molecule has 1 aromatic heterocycles. The smallest absolute Gasteiger partial charge is 0.104 e. The van der Waals surface area contributed by atoms with Gasteiger partial charge in [-0.15, -0.1) is 0 Å². The molecule has 1 N–H and O–H groups in total. The number of allylic oxidation sites excluding steroid dienone is 3. The fraction of sp³-hybridized carbons (Fsp3) is 0.333. The third-order valence-corrected chi connectivity index (χ3v) is 2.96. The minimum Gasteiger partial charge on any atom is -0.381 e. The SMILES string of the molecule is C=C(NC(C)CC1=CC=CCC1)c1cnccn1. The van der Waals surface area contributed by atoms with E-state index in [9.17, 15) is 0 Å². The van der Waals surface area contributed by atoms with Crippen molar-refractivity contribution in [1.82, 2.24) is 15.3 Å². The van der Waals surface area contributed by atoms with Crippen LogP contribution in [0.25, 0.3) is 5.70 Å². The van der Waals surface area contributed by atoms with Crippen LogP contribution in [0.2, 0.25) is 0 Å². The Hall–Kier alpha value is -1.90. The van der Waals surface area contributed by atoms with E-state index in [-0.39, 0.29) is 0 Å². The van der Waals surface area contributed by atoms with Gasteiger partial charge in [0.1, 0.15) is 5.69 Å². The lowest BCUT2D eigenvalue weighted by molar-refractivity contribution is 0.627. The van der Waals surface area contributed by atoms with Crippen molar-refractivity contribution in [3.8, 4) is 0 Å². The average molecular weight is 241 g/mol. The zero-order chi connectivity index (χ0) is 12.8. The summed E-state index contributed by atoms with van der Waals surface area (Å²) in [6, 6.07) is 0.359. The molecule has 0 saturated carbocycles. The van der Waals surface area contributed by atoms with Crippen LogP contribution in [-0.2, 0) is 0 Å². The Balaban J connectivity index is 1.87. The maximum atomic E-state index is 4.23. The Labute approximate surface area is 108 Å². The van der Waals surface area contributed by atoms with E-state index in [0.717, 1.165) is 24.2 Å². The quantitative estimate of drug-likeness (QED) is 0.860. The summed E-state index contributed by atoms with van der Waals surface area (Å²) in [5, 5.41) is 3.38. The van der Waals surface area contributed by atoms with Crippen molar-refractivity contribution in [1.29, 1.82) is 0 Å². The van der Waals surface area contributed by atoms with E-state index in [4.69, 9.17) is 0 Å². The Morgan fingerprint density at radius 2 is 2.39 bits per heavy atom. The van der Waals surface area contributed by atoms with E-state index < -0.39 is 0 Å². The zero-order valence-corrected chi connectivity index (χ0v) is 10.8. The zero-order valence-electron chi connectivity index (χ0n) is 10.8. The van der Waals surface area contributed by atoms with Crippen molar-refractivity contribution in [2.24, 2.45) is 0 Å². The van der Waals surface area contributed by atoms with Gasteiger partial charge in [0.05, 0.1) is 11.9 Å². The van der Waals surface area contributed by atoms with Gasteiger partial charge in [-0.2, -0.15) is 0 Å². The molecule has 1 atom stereocenters. The van der Waals surface area contributed by atoms with Crippen LogP contribution in [0.5, 0.6) is 0 Å². The molecule has 18 heavy (non-hydrogen) atoms. The maximum Gasteiger partial charge on any atom is 0.104 e. The lowest BCUT2D eigenvalue weighted by Crippen LogP contribution is -2.25. The average Bonchev–Trinajstić information content (AvgIpc) is 2.40. The molecule has 3 heteroatoms. The van der Waals surface area contributed by atoms with Crippen LogP contribution >= 0.6 is 0 Å². The van der Waals surface area contributed by atoms with E-state index >= 15 is 0 Å². The Bertz CT molecular complexity index is 460. The monoisotopic (exact) mass is 241 g/mol. The summed E-state index contributed by atoms with van der Waals surface area (Å²) in [5.41, 5.74) is 3.13. The molecule has 3 nitrogen and oxygen atoms in total. The molecule has 1 heterocycles. The van der Waals surface area contributed by atoms with Crippen molar-refractivity contribution in [3.63, 3.8) is 0 Å². The first-order chi connectivity index (χ1) is 8.75. The third kappa shape index (κ3) is 3.55. The molecule has 1 aliphatic rings. The van der Waals surface area contributed by atoms with Gasteiger partial charge in [0.25, 0.3) is 0 Å². The molecule has 0 bridgehead atoms. The summed E-state index contributed by atoms with van der Waals surface area (Å²) in [4.78, 5) is 8.27. The molecule has 0 aliphatic heterocycles. The van der Waals surface area contributed by atoms with Crippen LogP contribution in [0, 0.1) is 0 Å². The molecule has 1 aromatic rings. The first kappa shape index (κ1) is 12.6. The van der Waals surface area contributed by atoms with Crippen molar-refractivity contribution >= 4 is 5.70 Å². The molecule has 0 radical (unpaired) electrons. The molecule has 0 spiro atoms. The van der Waals surface area contributed by atoms with Gasteiger partial charge in [-0.1, -0.05) is 30.4 Å². The third-order valence-electron chi connectivity index (χ3n) is 2.96. The molecule has 94 valence electrons. The number of nitrogens with zero attached hydrogens (tertiary/aromatic N) is 2. The fourth-order valence-corrected chi connectivity index (χ4v) is 2.09. The van der Waals surface area contributed by atoms with E-state index in [0.29, 0.717) is 6.04 Å². The summed E-state index contributed by atoms with van der Waals surface area (Å²) in [5.74, 6) is 0. The lowest BCUT2D eigenvalue weighted by Gasteiger charge is -2.19. The van der Waals surface area contributed by atoms with Gasteiger partial charge in [-0.05, 0) is 26.2 Å². The highest BCUT2D eigenvalue weighted by atomic mass is 14.9. The predicted molar refractivity (Wildman–Crippen MR) is 74.7 cm³/mol. The number of rotatable bonds is 5. The Morgan fingerprint density at radius 1 is 1.50 bits per heavy atom. The highest BCUT2D eigenvalue weighted by molar-refractivity contribution is 5.57. The Kier molecular flexibility index (Phi) is 4.29. The van der Waals surface area contributed by atoms with Gasteiger partial charge in [-0.3, -0.25) is 9.97 Å². The summed E-state index contributed by atoms with van der Waals surface area (Å²) < 4.78 is 0. The van der Waals surface area contributed by atoms with Gasteiger partial charge in [0, 0.05) is 18.4 Å². The van der Waals surface area contributed by atoms with Crippen LogP contribution in [0.4, 0.5) is 0 Å². The molecular formula is C15H19N3. The van der Waals surface area contributed by atoms with Crippen LogP contribution < -0.4 is 5.32 Å². The topological polar surface area (TPSA) is 37.8 Å². The second-order valence-electron chi connectivity index (χ2n) is 4.61. The number of nitrogens with one attached hydrogen (secondary N) is 1. The van der Waals surface area contributed by atoms with Crippen molar-refractivity contribution in [2.75, 3.05) is 0 Å². The van der Waals surface area contributed by atoms with Gasteiger partial charge >= 0.3 is 0 Å². The van der Waals surface area contributed by atoms with E-state index in [2.05, 4.69) is 47.0 Å². The van der Waals surface area contributed by atoms with E-state index in [1.807, 2.05) is 0 Å².